The Morgan fingerprint density at radius 1 is 0.875 bits per heavy atom. The Kier molecular flexibility index (Phi) is 3.03. The molecular weight excluding hydrogens is 228 g/mol. The lowest BCUT2D eigenvalue weighted by Crippen LogP contribution is -2.24. The minimum Gasteiger partial charge on any atom is -0.502 e. The van der Waals surface area contributed by atoms with E-state index in [1.54, 1.807) is 0 Å². The van der Waals surface area contributed by atoms with Gasteiger partial charge in [0.05, 0.1) is 0 Å². The lowest BCUT2D eigenvalue weighted by Gasteiger charge is -2.22. The zero-order valence-corrected chi connectivity index (χ0v) is 8.87. The number of rotatable bonds is 1. The first-order chi connectivity index (χ1) is 7.15. The number of phenolic OH excluding ortho intramolecular Hbond substituents is 1. The van der Waals surface area contributed by atoms with Crippen molar-refractivity contribution in [2.45, 2.75) is 26.4 Å². The number of ether oxygens (including phenoxy) is 1. The Labute approximate surface area is 89.5 Å². The molecule has 0 amide bonds. The van der Waals surface area contributed by atoms with Gasteiger partial charge in [0.2, 0.25) is 34.8 Å². The van der Waals surface area contributed by atoms with Crippen molar-refractivity contribution in [2.24, 2.45) is 0 Å². The van der Waals surface area contributed by atoms with Crippen molar-refractivity contribution in [3.8, 4) is 11.5 Å². The maximum absolute atomic E-state index is 13.2. The van der Waals surface area contributed by atoms with Crippen LogP contribution < -0.4 is 4.74 Å². The maximum atomic E-state index is 13.2. The summed E-state index contributed by atoms with van der Waals surface area (Å²) in [5.41, 5.74) is -0.991. The number of aromatic hydroxyl groups is 1. The average Bonchev–Trinajstić information content (AvgIpc) is 2.17. The van der Waals surface area contributed by atoms with Gasteiger partial charge in [-0.05, 0) is 20.8 Å². The molecule has 0 aliphatic rings. The summed E-state index contributed by atoms with van der Waals surface area (Å²) in [4.78, 5) is 0. The molecule has 0 heterocycles. The zero-order valence-electron chi connectivity index (χ0n) is 8.87. The van der Waals surface area contributed by atoms with E-state index in [0.717, 1.165) is 0 Å². The number of phenols is 1. The van der Waals surface area contributed by atoms with E-state index in [-0.39, 0.29) is 0 Å². The summed E-state index contributed by atoms with van der Waals surface area (Å²) in [6.07, 6.45) is 0. The second-order valence-corrected chi connectivity index (χ2v) is 4.15. The van der Waals surface area contributed by atoms with Crippen LogP contribution in [0.5, 0.6) is 11.5 Å². The molecule has 0 aromatic heterocycles. The molecule has 0 aliphatic carbocycles. The first kappa shape index (κ1) is 12.6. The van der Waals surface area contributed by atoms with Gasteiger partial charge in [0.15, 0.2) is 0 Å². The highest BCUT2D eigenvalue weighted by Gasteiger charge is 2.28. The number of benzene rings is 1. The molecule has 6 heteroatoms. The van der Waals surface area contributed by atoms with Crippen molar-refractivity contribution in [1.82, 2.24) is 0 Å². The molecule has 1 N–H and O–H groups in total. The van der Waals surface area contributed by atoms with Gasteiger partial charge < -0.3 is 9.84 Å². The van der Waals surface area contributed by atoms with E-state index in [1.807, 2.05) is 0 Å². The smallest absolute Gasteiger partial charge is 0.207 e. The standard InChI is InChI=1S/C10H10F4O2/c1-10(2,3)16-9-7(14)5(12)4(11)6(13)8(9)15/h15H,1-3H3. The summed E-state index contributed by atoms with van der Waals surface area (Å²) in [6.45, 7) is 4.43. The van der Waals surface area contributed by atoms with Crippen molar-refractivity contribution >= 4 is 0 Å². The molecule has 0 unspecified atom stereocenters. The Balaban J connectivity index is 3.40. The maximum Gasteiger partial charge on any atom is 0.207 e. The van der Waals surface area contributed by atoms with Crippen LogP contribution in [0, 0.1) is 23.3 Å². The van der Waals surface area contributed by atoms with E-state index in [9.17, 15) is 17.6 Å². The van der Waals surface area contributed by atoms with Gasteiger partial charge in [-0.25, -0.2) is 8.78 Å². The summed E-state index contributed by atoms with van der Waals surface area (Å²) < 4.78 is 56.4. The second kappa shape index (κ2) is 3.84. The largest absolute Gasteiger partial charge is 0.502 e. The predicted octanol–water partition coefficient (Wildman–Crippen LogP) is 3.13. The first-order valence-electron chi connectivity index (χ1n) is 4.39. The summed E-state index contributed by atoms with van der Waals surface area (Å²) in [7, 11) is 0. The van der Waals surface area contributed by atoms with Crippen LogP contribution >= 0.6 is 0 Å². The lowest BCUT2D eigenvalue weighted by molar-refractivity contribution is 0.115. The van der Waals surface area contributed by atoms with Crippen molar-refractivity contribution in [2.75, 3.05) is 0 Å². The lowest BCUT2D eigenvalue weighted by atomic mass is 10.2. The molecule has 0 saturated heterocycles. The van der Waals surface area contributed by atoms with Gasteiger partial charge in [-0.1, -0.05) is 0 Å². The molecule has 0 saturated carbocycles. The van der Waals surface area contributed by atoms with Crippen molar-refractivity contribution in [3.05, 3.63) is 23.3 Å². The number of halogens is 4. The fourth-order valence-electron chi connectivity index (χ4n) is 0.999. The van der Waals surface area contributed by atoms with Gasteiger partial charge in [0.1, 0.15) is 5.60 Å². The molecule has 0 aliphatic heterocycles. The molecule has 0 bridgehead atoms. The van der Waals surface area contributed by atoms with E-state index in [0.29, 0.717) is 0 Å². The normalized spacial score (nSPS) is 11.7. The van der Waals surface area contributed by atoms with Crippen LogP contribution in [0.2, 0.25) is 0 Å². The summed E-state index contributed by atoms with van der Waals surface area (Å²) >= 11 is 0. The van der Waals surface area contributed by atoms with Gasteiger partial charge in [0.25, 0.3) is 0 Å². The monoisotopic (exact) mass is 238 g/mol. The number of hydrogen-bond acceptors (Lipinski definition) is 2. The van der Waals surface area contributed by atoms with E-state index < -0.39 is 40.4 Å². The topological polar surface area (TPSA) is 29.5 Å². The molecular formula is C10H10F4O2. The fourth-order valence-corrected chi connectivity index (χ4v) is 0.999. The highest BCUT2D eigenvalue weighted by atomic mass is 19.2. The van der Waals surface area contributed by atoms with Crippen LogP contribution in [0.25, 0.3) is 0 Å². The SMILES string of the molecule is CC(C)(C)Oc1c(O)c(F)c(F)c(F)c1F. The van der Waals surface area contributed by atoms with Crippen molar-refractivity contribution in [1.29, 1.82) is 0 Å². The second-order valence-electron chi connectivity index (χ2n) is 4.15. The van der Waals surface area contributed by atoms with Gasteiger partial charge in [-0.2, -0.15) is 8.78 Å². The van der Waals surface area contributed by atoms with Crippen molar-refractivity contribution < 1.29 is 27.4 Å². The molecule has 90 valence electrons. The van der Waals surface area contributed by atoms with Crippen LogP contribution in [0.4, 0.5) is 17.6 Å². The third-order valence-corrected chi connectivity index (χ3v) is 1.61. The van der Waals surface area contributed by atoms with Crippen LogP contribution in [0.1, 0.15) is 20.8 Å². The molecule has 16 heavy (non-hydrogen) atoms. The highest BCUT2D eigenvalue weighted by molar-refractivity contribution is 5.42. The minimum absolute atomic E-state index is 0.991. The molecule has 0 fully saturated rings. The quantitative estimate of drug-likeness (QED) is 0.462. The summed E-state index contributed by atoms with van der Waals surface area (Å²) in [6, 6.07) is 0. The first-order valence-corrected chi connectivity index (χ1v) is 4.39. The van der Waals surface area contributed by atoms with E-state index in [2.05, 4.69) is 0 Å². The molecule has 1 rings (SSSR count). The third kappa shape index (κ3) is 2.20. The van der Waals surface area contributed by atoms with Crippen LogP contribution in [0.3, 0.4) is 0 Å². The number of hydrogen-bond donors (Lipinski definition) is 1. The van der Waals surface area contributed by atoms with E-state index in [1.165, 1.54) is 20.8 Å². The van der Waals surface area contributed by atoms with Crippen LogP contribution in [-0.4, -0.2) is 10.7 Å². The van der Waals surface area contributed by atoms with Gasteiger partial charge in [0, 0.05) is 0 Å². The average molecular weight is 238 g/mol. The minimum atomic E-state index is -2.07. The van der Waals surface area contributed by atoms with Crippen molar-refractivity contribution in [3.63, 3.8) is 0 Å². The Bertz CT molecular complexity index is 395. The molecule has 0 radical (unpaired) electrons. The van der Waals surface area contributed by atoms with E-state index >= 15 is 0 Å². The summed E-state index contributed by atoms with van der Waals surface area (Å²) in [5, 5.41) is 9.10. The van der Waals surface area contributed by atoms with Gasteiger partial charge >= 0.3 is 0 Å². The van der Waals surface area contributed by atoms with Gasteiger partial charge in [-0.15, -0.1) is 0 Å². The highest BCUT2D eigenvalue weighted by Crippen LogP contribution is 2.37. The molecule has 0 atom stereocenters. The summed E-state index contributed by atoms with van der Waals surface area (Å²) in [5.74, 6) is -10.1. The molecule has 1 aromatic rings. The Morgan fingerprint density at radius 2 is 1.31 bits per heavy atom. The molecule has 0 spiro atoms. The predicted molar refractivity (Wildman–Crippen MR) is 48.3 cm³/mol. The molecule has 1 aromatic carbocycles. The molecule has 2 nitrogen and oxygen atoms in total. The van der Waals surface area contributed by atoms with Crippen LogP contribution in [0.15, 0.2) is 0 Å². The zero-order chi connectivity index (χ0) is 12.7. The Hall–Kier alpha value is -1.46. The van der Waals surface area contributed by atoms with Crippen LogP contribution in [-0.2, 0) is 0 Å². The van der Waals surface area contributed by atoms with E-state index in [4.69, 9.17) is 9.84 Å². The third-order valence-electron chi connectivity index (χ3n) is 1.61. The van der Waals surface area contributed by atoms with Gasteiger partial charge in [-0.3, -0.25) is 0 Å². The Morgan fingerprint density at radius 3 is 1.75 bits per heavy atom. The fraction of sp³-hybridized carbons (Fsp3) is 0.400.